The summed E-state index contributed by atoms with van der Waals surface area (Å²) in [6.45, 7) is 8.27. The highest BCUT2D eigenvalue weighted by Crippen LogP contribution is 2.20. The van der Waals surface area contributed by atoms with Crippen molar-refractivity contribution in [2.45, 2.75) is 39.8 Å². The Balaban J connectivity index is 1.92. The standard InChI is InChI=1S/C20H33N5O/c1-14(2)19(26)25-10-9-17(13-25)23-20(21-4)22-12-16-8-7-15(3)11-18(16)24(5)6/h7-8,11,14,17H,9-10,12-13H2,1-6H3,(H2,21,22,23). The number of aliphatic imine (C=N–C) groups is 1. The molecule has 1 aliphatic rings. The van der Waals surface area contributed by atoms with E-state index in [1.165, 1.54) is 16.8 Å². The predicted molar refractivity (Wildman–Crippen MR) is 109 cm³/mol. The maximum absolute atomic E-state index is 12.1. The van der Waals surface area contributed by atoms with Gasteiger partial charge in [-0.05, 0) is 30.5 Å². The topological polar surface area (TPSA) is 60.0 Å². The molecule has 0 saturated carbocycles. The number of hydrogen-bond donors (Lipinski definition) is 2. The first kappa shape index (κ1) is 20.1. The van der Waals surface area contributed by atoms with Gasteiger partial charge in [0.1, 0.15) is 0 Å². The summed E-state index contributed by atoms with van der Waals surface area (Å²) in [5.74, 6) is 1.06. The van der Waals surface area contributed by atoms with Crippen molar-refractivity contribution in [3.63, 3.8) is 0 Å². The molecule has 1 atom stereocenters. The molecule has 1 unspecified atom stereocenters. The Morgan fingerprint density at radius 3 is 2.73 bits per heavy atom. The lowest BCUT2D eigenvalue weighted by Gasteiger charge is -2.22. The second-order valence-electron chi connectivity index (χ2n) is 7.52. The number of hydrogen-bond acceptors (Lipinski definition) is 3. The van der Waals surface area contributed by atoms with Crippen molar-refractivity contribution in [3.8, 4) is 0 Å². The van der Waals surface area contributed by atoms with Crippen molar-refractivity contribution in [3.05, 3.63) is 29.3 Å². The summed E-state index contributed by atoms with van der Waals surface area (Å²) in [4.78, 5) is 20.5. The number of amides is 1. The molecule has 0 radical (unpaired) electrons. The summed E-state index contributed by atoms with van der Waals surface area (Å²) in [6.07, 6.45) is 0.951. The van der Waals surface area contributed by atoms with Crippen LogP contribution in [0.15, 0.2) is 23.2 Å². The molecule has 6 heteroatoms. The molecule has 1 aliphatic heterocycles. The Hall–Kier alpha value is -2.24. The number of rotatable bonds is 5. The fourth-order valence-corrected chi connectivity index (χ4v) is 3.25. The first-order valence-electron chi connectivity index (χ1n) is 9.34. The number of aryl methyl sites for hydroxylation is 1. The maximum atomic E-state index is 12.1. The van der Waals surface area contributed by atoms with E-state index in [2.05, 4.69) is 59.7 Å². The molecule has 1 heterocycles. The van der Waals surface area contributed by atoms with E-state index in [1.807, 2.05) is 18.7 Å². The number of guanidine groups is 1. The van der Waals surface area contributed by atoms with Gasteiger partial charge < -0.3 is 20.4 Å². The molecule has 6 nitrogen and oxygen atoms in total. The molecule has 1 amide bonds. The Morgan fingerprint density at radius 2 is 2.12 bits per heavy atom. The number of nitrogens with zero attached hydrogens (tertiary/aromatic N) is 3. The smallest absolute Gasteiger partial charge is 0.225 e. The number of carbonyl (C=O) groups is 1. The minimum absolute atomic E-state index is 0.0529. The minimum Gasteiger partial charge on any atom is -0.377 e. The molecule has 2 N–H and O–H groups in total. The molecule has 1 saturated heterocycles. The Labute approximate surface area is 157 Å². The van der Waals surface area contributed by atoms with Crippen molar-refractivity contribution < 1.29 is 4.79 Å². The van der Waals surface area contributed by atoms with Crippen LogP contribution in [0.4, 0.5) is 5.69 Å². The number of nitrogens with one attached hydrogen (secondary N) is 2. The van der Waals surface area contributed by atoms with Gasteiger partial charge in [-0.25, -0.2) is 0 Å². The molecule has 26 heavy (non-hydrogen) atoms. The molecule has 144 valence electrons. The average Bonchev–Trinajstić information content (AvgIpc) is 3.06. The molecule has 0 aromatic heterocycles. The van der Waals surface area contributed by atoms with Gasteiger partial charge in [0.05, 0.1) is 0 Å². The van der Waals surface area contributed by atoms with Crippen LogP contribution in [0, 0.1) is 12.8 Å². The first-order chi connectivity index (χ1) is 12.3. The van der Waals surface area contributed by atoms with Gasteiger partial charge in [0, 0.05) is 58.4 Å². The van der Waals surface area contributed by atoms with E-state index in [1.54, 1.807) is 7.05 Å². The lowest BCUT2D eigenvalue weighted by molar-refractivity contribution is -0.133. The normalized spacial score (nSPS) is 17.6. The van der Waals surface area contributed by atoms with Gasteiger partial charge in [-0.1, -0.05) is 26.0 Å². The minimum atomic E-state index is 0.0529. The lowest BCUT2D eigenvalue weighted by Crippen LogP contribution is -2.45. The Morgan fingerprint density at radius 1 is 1.38 bits per heavy atom. The SMILES string of the molecule is CN=C(NCc1ccc(C)cc1N(C)C)NC1CCN(C(=O)C(C)C)C1. The number of likely N-dealkylation sites (tertiary alicyclic amines) is 1. The largest absolute Gasteiger partial charge is 0.377 e. The second-order valence-corrected chi connectivity index (χ2v) is 7.52. The van der Waals surface area contributed by atoms with Crippen LogP contribution >= 0.6 is 0 Å². The monoisotopic (exact) mass is 359 g/mol. The van der Waals surface area contributed by atoms with E-state index in [0.29, 0.717) is 6.54 Å². The first-order valence-corrected chi connectivity index (χ1v) is 9.34. The van der Waals surface area contributed by atoms with Crippen molar-refractivity contribution in [1.29, 1.82) is 0 Å². The van der Waals surface area contributed by atoms with Crippen molar-refractivity contribution in [2.75, 3.05) is 39.1 Å². The molecule has 1 aromatic carbocycles. The van der Waals surface area contributed by atoms with E-state index >= 15 is 0 Å². The van der Waals surface area contributed by atoms with Gasteiger partial charge in [-0.15, -0.1) is 0 Å². The molecule has 0 aliphatic carbocycles. The third-order valence-electron chi connectivity index (χ3n) is 4.73. The van der Waals surface area contributed by atoms with E-state index in [4.69, 9.17) is 0 Å². The fourth-order valence-electron chi connectivity index (χ4n) is 3.25. The van der Waals surface area contributed by atoms with Crippen LogP contribution in [0.2, 0.25) is 0 Å². The van der Waals surface area contributed by atoms with Gasteiger partial charge in [-0.2, -0.15) is 0 Å². The van der Waals surface area contributed by atoms with Crippen molar-refractivity contribution in [2.24, 2.45) is 10.9 Å². The second kappa shape index (κ2) is 8.92. The highest BCUT2D eigenvalue weighted by molar-refractivity contribution is 5.81. The molecule has 2 rings (SSSR count). The highest BCUT2D eigenvalue weighted by atomic mass is 16.2. The average molecular weight is 360 g/mol. The third-order valence-corrected chi connectivity index (χ3v) is 4.73. The number of carbonyl (C=O) groups excluding carboxylic acids is 1. The van der Waals surface area contributed by atoms with Crippen LogP contribution in [0.1, 0.15) is 31.4 Å². The summed E-state index contributed by atoms with van der Waals surface area (Å²) in [6, 6.07) is 6.73. The summed E-state index contributed by atoms with van der Waals surface area (Å²) in [7, 11) is 5.90. The zero-order valence-electron chi connectivity index (χ0n) is 17.0. The van der Waals surface area contributed by atoms with Crippen LogP contribution in [-0.4, -0.2) is 57.0 Å². The third kappa shape index (κ3) is 5.13. The van der Waals surface area contributed by atoms with Gasteiger partial charge >= 0.3 is 0 Å². The molecule has 1 aromatic rings. The van der Waals surface area contributed by atoms with Gasteiger partial charge in [-0.3, -0.25) is 9.79 Å². The molecule has 0 spiro atoms. The predicted octanol–water partition coefficient (Wildman–Crippen LogP) is 1.98. The van der Waals surface area contributed by atoms with E-state index < -0.39 is 0 Å². The van der Waals surface area contributed by atoms with Crippen LogP contribution in [-0.2, 0) is 11.3 Å². The zero-order chi connectivity index (χ0) is 19.3. The molecular weight excluding hydrogens is 326 g/mol. The molecule has 1 fully saturated rings. The summed E-state index contributed by atoms with van der Waals surface area (Å²) >= 11 is 0. The lowest BCUT2D eigenvalue weighted by atomic mass is 10.1. The van der Waals surface area contributed by atoms with Gasteiger partial charge in [0.2, 0.25) is 5.91 Å². The molecule has 0 bridgehead atoms. The fraction of sp³-hybridized carbons (Fsp3) is 0.600. The maximum Gasteiger partial charge on any atom is 0.225 e. The summed E-state index contributed by atoms with van der Waals surface area (Å²) in [5.41, 5.74) is 3.69. The number of anilines is 1. The quantitative estimate of drug-likeness (QED) is 0.623. The van der Waals surface area contributed by atoms with Crippen molar-refractivity contribution >= 4 is 17.6 Å². The Kier molecular flexibility index (Phi) is 6.89. The van der Waals surface area contributed by atoms with E-state index in [0.717, 1.165) is 25.5 Å². The van der Waals surface area contributed by atoms with Crippen LogP contribution < -0.4 is 15.5 Å². The van der Waals surface area contributed by atoms with Crippen LogP contribution in [0.5, 0.6) is 0 Å². The van der Waals surface area contributed by atoms with Crippen LogP contribution in [0.25, 0.3) is 0 Å². The van der Waals surface area contributed by atoms with Crippen molar-refractivity contribution in [1.82, 2.24) is 15.5 Å². The Bertz CT molecular complexity index is 654. The van der Waals surface area contributed by atoms with Crippen LogP contribution in [0.3, 0.4) is 0 Å². The van der Waals surface area contributed by atoms with Gasteiger partial charge in [0.15, 0.2) is 5.96 Å². The highest BCUT2D eigenvalue weighted by Gasteiger charge is 2.27. The summed E-state index contributed by atoms with van der Waals surface area (Å²) in [5, 5.41) is 6.85. The summed E-state index contributed by atoms with van der Waals surface area (Å²) < 4.78 is 0. The van der Waals surface area contributed by atoms with E-state index in [-0.39, 0.29) is 17.9 Å². The number of benzene rings is 1. The zero-order valence-corrected chi connectivity index (χ0v) is 17.0. The van der Waals surface area contributed by atoms with E-state index in [9.17, 15) is 4.79 Å². The van der Waals surface area contributed by atoms with Gasteiger partial charge in [0.25, 0.3) is 0 Å². The molecular formula is C20H33N5O.